The van der Waals surface area contributed by atoms with E-state index in [1.165, 1.54) is 62.9 Å². The van der Waals surface area contributed by atoms with Crippen molar-refractivity contribution >= 4 is 33.4 Å². The summed E-state index contributed by atoms with van der Waals surface area (Å²) in [6.07, 6.45) is 15.0. The summed E-state index contributed by atoms with van der Waals surface area (Å²) in [5, 5.41) is 57.4. The van der Waals surface area contributed by atoms with Gasteiger partial charge < -0.3 is 55.3 Å². The van der Waals surface area contributed by atoms with E-state index in [9.17, 15) is 58.8 Å². The number of hydrogen-bond acceptors (Lipinski definition) is 18. The minimum atomic E-state index is -5.70. The van der Waals surface area contributed by atoms with Crippen LogP contribution in [0.4, 0.5) is 5.82 Å². The maximum atomic E-state index is 13.3. The Bertz CT molecular complexity index is 1990. The third kappa shape index (κ3) is 26.0. The molecule has 2 aliphatic heterocycles. The number of carbonyl (C=O) groups excluding carboxylic acids is 2. The van der Waals surface area contributed by atoms with Crippen LogP contribution in [0.2, 0.25) is 0 Å². The van der Waals surface area contributed by atoms with Crippen LogP contribution in [-0.4, -0.2) is 119 Å². The van der Waals surface area contributed by atoms with Crippen LogP contribution in [0, 0.1) is 11.8 Å². The summed E-state index contributed by atoms with van der Waals surface area (Å²) < 4.78 is 59.0. The molecule has 0 aliphatic carbocycles. The first-order valence-corrected chi connectivity index (χ1v) is 29.2. The Labute approximate surface area is 430 Å². The van der Waals surface area contributed by atoms with Crippen molar-refractivity contribution in [3.8, 4) is 0 Å². The summed E-state index contributed by atoms with van der Waals surface area (Å²) in [4.78, 5) is 64.1. The molecule has 418 valence electrons. The van der Waals surface area contributed by atoms with Gasteiger partial charge in [-0.25, -0.2) is 13.9 Å². The molecule has 3 rings (SSSR count). The van der Waals surface area contributed by atoms with E-state index in [0.717, 1.165) is 55.9 Å². The Kier molecular flexibility index (Phi) is 31.0. The molecule has 0 aromatic carbocycles. The molecule has 1 aromatic rings. The standard InChI is InChI=1S/C50H85N3O18P2/c1-3-5-7-8-9-10-11-12-13-14-15-16-17-18-23-27-45(57)66-34-38-35-67-72(62,63)71-73(64,65)68-36-43-48(60)47(59)39(30-29-37(54)25-21-6-4-2)41(55)33-42(56)40(26-22-19-20-24-28-46(58)69-38)49(70-43)53-32-31-44(51)52-50(53)61/h12-13,19,22,29-32,37-43,47-49,54-56,59-60H,3-11,14-18,20-21,23-28,33-36H2,1-2H3,(H,62,63)(H,64,65)(H2,51,52,61)/b13-12-,22-19?,30-29-/t37-,38+,39-,40-,41+,42-,43+,47-,48+,49+/m0/s1. The number of carbonyl (C=O) groups is 2. The monoisotopic (exact) mass is 1080 g/mol. The highest BCUT2D eigenvalue weighted by Crippen LogP contribution is 2.60. The van der Waals surface area contributed by atoms with Crippen LogP contribution in [0.15, 0.2) is 53.5 Å². The number of fused-ring (bicyclic) bond motifs is 3. The molecular formula is C50H85N3O18P2. The van der Waals surface area contributed by atoms with E-state index in [4.69, 9.17) is 29.0 Å². The minimum absolute atomic E-state index is 0.0709. The number of hydrogen-bond donors (Lipinski definition) is 8. The largest absolute Gasteiger partial charge is 0.481 e. The molecule has 2 aliphatic rings. The lowest BCUT2D eigenvalue weighted by Gasteiger charge is -2.40. The molecule has 73 heavy (non-hydrogen) atoms. The summed E-state index contributed by atoms with van der Waals surface area (Å²) in [6, 6.07) is 1.24. The van der Waals surface area contributed by atoms with Crippen molar-refractivity contribution < 1.29 is 81.6 Å². The van der Waals surface area contributed by atoms with Crippen molar-refractivity contribution in [2.75, 3.05) is 25.6 Å². The number of rotatable bonds is 24. The van der Waals surface area contributed by atoms with Crippen molar-refractivity contribution in [2.45, 2.75) is 210 Å². The van der Waals surface area contributed by atoms with Gasteiger partial charge >= 0.3 is 33.3 Å². The average molecular weight is 1080 g/mol. The predicted molar refractivity (Wildman–Crippen MR) is 272 cm³/mol. The maximum absolute atomic E-state index is 13.3. The van der Waals surface area contributed by atoms with Gasteiger partial charge in [0.2, 0.25) is 0 Å². The number of nitrogens with two attached hydrogens (primary N) is 1. The van der Waals surface area contributed by atoms with Crippen LogP contribution in [0.25, 0.3) is 0 Å². The Morgan fingerprint density at radius 3 is 2.16 bits per heavy atom. The lowest BCUT2D eigenvalue weighted by Crippen LogP contribution is -2.52. The molecule has 1 fully saturated rings. The Balaban J connectivity index is 1.78. The van der Waals surface area contributed by atoms with Gasteiger partial charge in [-0.15, -0.1) is 0 Å². The summed E-state index contributed by atoms with van der Waals surface area (Å²) in [7, 11) is -11.3. The smallest absolute Gasteiger partial charge is 0.462 e. The number of ether oxygens (including phenoxy) is 3. The molecule has 9 N–H and O–H groups in total. The molecule has 21 nitrogen and oxygen atoms in total. The zero-order valence-electron chi connectivity index (χ0n) is 42.8. The molecule has 12 atom stereocenters. The third-order valence-electron chi connectivity index (χ3n) is 12.7. The van der Waals surface area contributed by atoms with Crippen LogP contribution in [-0.2, 0) is 46.3 Å². The van der Waals surface area contributed by atoms with E-state index in [1.54, 1.807) is 12.2 Å². The van der Waals surface area contributed by atoms with E-state index >= 15 is 0 Å². The second-order valence-electron chi connectivity index (χ2n) is 19.0. The number of nitrogens with zero attached hydrogens (tertiary/aromatic N) is 2. The summed E-state index contributed by atoms with van der Waals surface area (Å²) in [5.41, 5.74) is 4.78. The number of unbranched alkanes of at least 4 members (excludes halogenated alkanes) is 13. The number of nitrogen functional groups attached to an aromatic ring is 1. The van der Waals surface area contributed by atoms with Crippen molar-refractivity contribution in [1.82, 2.24) is 9.55 Å². The zero-order valence-corrected chi connectivity index (χ0v) is 44.6. The van der Waals surface area contributed by atoms with Crippen LogP contribution >= 0.6 is 15.6 Å². The van der Waals surface area contributed by atoms with Gasteiger partial charge in [0.25, 0.3) is 0 Å². The summed E-state index contributed by atoms with van der Waals surface area (Å²) in [5.74, 6) is -4.14. The minimum Gasteiger partial charge on any atom is -0.462 e. The zero-order chi connectivity index (χ0) is 53.7. The van der Waals surface area contributed by atoms with E-state index in [2.05, 4.69) is 28.4 Å². The molecule has 23 heteroatoms. The molecule has 2 bridgehead atoms. The number of phosphoric acid groups is 2. The number of cyclic esters (lactones) is 1. The molecular weight excluding hydrogens is 993 g/mol. The fourth-order valence-corrected chi connectivity index (χ4v) is 10.6. The SMILES string of the molecule is CCCCCCCC/C=C\CCCCCCCC(=O)OC[C@@H]1COP(=O)(O)OP(=O)(O)OC[C@H]2O[C@@H](n3ccc(N)nc3=O)[C@@H](CC=CCCCC(=O)O1)[C@@H](O)C[C@@H](O)[C@H](/C=C\[C@@H](O)CCCCC)[C@H](O)[C@@H]2O. The molecule has 0 amide bonds. The van der Waals surface area contributed by atoms with Crippen LogP contribution in [0.3, 0.4) is 0 Å². The van der Waals surface area contributed by atoms with Gasteiger partial charge in [0.1, 0.15) is 30.9 Å². The highest BCUT2D eigenvalue weighted by atomic mass is 31.3. The van der Waals surface area contributed by atoms with Crippen LogP contribution in [0.5, 0.6) is 0 Å². The van der Waals surface area contributed by atoms with Gasteiger partial charge in [0.05, 0.1) is 37.6 Å². The molecule has 1 saturated heterocycles. The highest BCUT2D eigenvalue weighted by molar-refractivity contribution is 7.61. The number of esters is 2. The van der Waals surface area contributed by atoms with E-state index in [1.807, 2.05) is 6.92 Å². The topological polar surface area (TPSA) is 326 Å². The van der Waals surface area contributed by atoms with Crippen LogP contribution in [0.1, 0.15) is 168 Å². The van der Waals surface area contributed by atoms with Gasteiger partial charge in [-0.3, -0.25) is 23.2 Å². The summed E-state index contributed by atoms with van der Waals surface area (Å²) >= 11 is 0. The van der Waals surface area contributed by atoms with E-state index in [0.29, 0.717) is 19.3 Å². The molecule has 1 aromatic heterocycles. The van der Waals surface area contributed by atoms with Crippen molar-refractivity contribution in [2.24, 2.45) is 11.8 Å². The molecule has 0 radical (unpaired) electrons. The number of allylic oxidation sites excluding steroid dienone is 4. The van der Waals surface area contributed by atoms with Gasteiger partial charge in [-0.2, -0.15) is 9.29 Å². The summed E-state index contributed by atoms with van der Waals surface area (Å²) in [6.45, 7) is 1.49. The van der Waals surface area contributed by atoms with Crippen molar-refractivity contribution in [3.63, 3.8) is 0 Å². The fourth-order valence-electron chi connectivity index (χ4n) is 8.52. The fraction of sp³-hybridized carbons (Fsp3) is 0.760. The number of aliphatic hydroxyl groups is 5. The lowest BCUT2D eigenvalue weighted by atomic mass is 9.82. The Morgan fingerprint density at radius 2 is 1.49 bits per heavy atom. The average Bonchev–Trinajstić information content (AvgIpc) is 3.33. The first-order chi connectivity index (χ1) is 34.9. The number of aromatic nitrogens is 2. The van der Waals surface area contributed by atoms with E-state index in [-0.39, 0.29) is 37.9 Å². The van der Waals surface area contributed by atoms with Crippen LogP contribution < -0.4 is 11.4 Å². The second-order valence-corrected chi connectivity index (χ2v) is 22.0. The van der Waals surface area contributed by atoms with Gasteiger partial charge in [0, 0.05) is 37.3 Å². The molecule has 0 spiro atoms. The Hall–Kier alpha value is -3.14. The van der Waals surface area contributed by atoms with Gasteiger partial charge in [0.15, 0.2) is 6.10 Å². The third-order valence-corrected chi connectivity index (χ3v) is 15.3. The normalized spacial score (nSPS) is 30.0. The van der Waals surface area contributed by atoms with Crippen molar-refractivity contribution in [1.29, 1.82) is 0 Å². The number of phosphoric ester groups is 2. The first kappa shape index (κ1) is 64.1. The van der Waals surface area contributed by atoms with Gasteiger partial charge in [-0.05, 0) is 63.9 Å². The molecule has 3 heterocycles. The highest BCUT2D eigenvalue weighted by Gasteiger charge is 2.45. The Morgan fingerprint density at radius 1 is 0.863 bits per heavy atom. The lowest BCUT2D eigenvalue weighted by molar-refractivity contribution is -0.194. The van der Waals surface area contributed by atoms with Gasteiger partial charge in [-0.1, -0.05) is 121 Å². The molecule has 2 unspecified atom stereocenters. The predicted octanol–water partition coefficient (Wildman–Crippen LogP) is 7.16. The van der Waals surface area contributed by atoms with E-state index < -0.39 is 120 Å². The van der Waals surface area contributed by atoms with Crippen molar-refractivity contribution in [3.05, 3.63) is 59.2 Å². The quantitative estimate of drug-likeness (QED) is 0.0220. The second kappa shape index (κ2) is 35.2. The first-order valence-electron chi connectivity index (χ1n) is 26.3. The maximum Gasteiger partial charge on any atom is 0.481 e. The number of aliphatic hydroxyl groups excluding tert-OH is 5. The number of anilines is 1. The molecule has 0 saturated carbocycles.